The number of ether oxygens (including phenoxy) is 1. The molecule has 3 nitrogen and oxygen atoms in total. The van der Waals surface area contributed by atoms with Gasteiger partial charge in [0.15, 0.2) is 0 Å². The second-order valence-corrected chi connectivity index (χ2v) is 4.59. The van der Waals surface area contributed by atoms with E-state index in [-0.39, 0.29) is 11.7 Å². The highest BCUT2D eigenvalue weighted by molar-refractivity contribution is 9.10. The number of phenols is 1. The highest BCUT2D eigenvalue weighted by atomic mass is 79.9. The molecule has 0 amide bonds. The summed E-state index contributed by atoms with van der Waals surface area (Å²) in [5, 5.41) is 9.34. The normalized spacial score (nSPS) is 10.1. The first-order valence-electron chi connectivity index (χ1n) is 5.29. The average molecular weight is 307 g/mol. The first-order chi connectivity index (χ1) is 8.61. The van der Waals surface area contributed by atoms with E-state index in [9.17, 15) is 9.90 Å². The number of hydrogen-bond acceptors (Lipinski definition) is 3. The van der Waals surface area contributed by atoms with E-state index in [1.54, 1.807) is 24.3 Å². The standard InChI is InChI=1S/C14H11BrO3/c1-18-14(17)10-4-2-9(3-5-10)12-7-6-11(16)8-13(12)15/h2-8,16H,1H3. The van der Waals surface area contributed by atoms with Gasteiger partial charge in [-0.2, -0.15) is 0 Å². The van der Waals surface area contributed by atoms with Crippen molar-refractivity contribution in [2.24, 2.45) is 0 Å². The zero-order chi connectivity index (χ0) is 13.1. The average Bonchev–Trinajstić information content (AvgIpc) is 2.38. The lowest BCUT2D eigenvalue weighted by Gasteiger charge is -2.06. The van der Waals surface area contributed by atoms with Gasteiger partial charge in [-0.1, -0.05) is 28.1 Å². The van der Waals surface area contributed by atoms with Crippen molar-refractivity contribution in [3.05, 3.63) is 52.5 Å². The molecule has 0 unspecified atom stereocenters. The molecule has 0 fully saturated rings. The van der Waals surface area contributed by atoms with Crippen LogP contribution >= 0.6 is 15.9 Å². The van der Waals surface area contributed by atoms with Gasteiger partial charge >= 0.3 is 5.97 Å². The molecule has 0 aliphatic rings. The molecule has 4 heteroatoms. The maximum atomic E-state index is 11.3. The molecule has 0 saturated carbocycles. The van der Waals surface area contributed by atoms with E-state index in [0.717, 1.165) is 15.6 Å². The molecule has 2 aromatic carbocycles. The Bertz CT molecular complexity index is 576. The third-order valence-electron chi connectivity index (χ3n) is 2.57. The minimum atomic E-state index is -0.355. The number of hydrogen-bond donors (Lipinski definition) is 1. The zero-order valence-corrected chi connectivity index (χ0v) is 11.3. The van der Waals surface area contributed by atoms with Crippen molar-refractivity contribution < 1.29 is 14.6 Å². The minimum absolute atomic E-state index is 0.205. The summed E-state index contributed by atoms with van der Waals surface area (Å²) in [7, 11) is 1.35. The van der Waals surface area contributed by atoms with Gasteiger partial charge in [-0.05, 0) is 41.5 Å². The predicted octanol–water partition coefficient (Wildman–Crippen LogP) is 3.61. The fourth-order valence-corrected chi connectivity index (χ4v) is 2.24. The SMILES string of the molecule is COC(=O)c1ccc(-c2ccc(O)cc2Br)cc1. The van der Waals surface area contributed by atoms with Gasteiger partial charge in [0.2, 0.25) is 0 Å². The van der Waals surface area contributed by atoms with E-state index in [0.29, 0.717) is 5.56 Å². The highest BCUT2D eigenvalue weighted by Gasteiger charge is 2.07. The molecule has 0 heterocycles. The van der Waals surface area contributed by atoms with Crippen LogP contribution in [0.5, 0.6) is 5.75 Å². The molecule has 18 heavy (non-hydrogen) atoms. The zero-order valence-electron chi connectivity index (χ0n) is 9.68. The summed E-state index contributed by atoms with van der Waals surface area (Å²) in [6, 6.07) is 12.2. The number of aromatic hydroxyl groups is 1. The van der Waals surface area contributed by atoms with Crippen LogP contribution in [0.4, 0.5) is 0 Å². The number of benzene rings is 2. The van der Waals surface area contributed by atoms with Crippen LogP contribution in [0, 0.1) is 0 Å². The van der Waals surface area contributed by atoms with Gasteiger partial charge in [0.25, 0.3) is 0 Å². The summed E-state index contributed by atoms with van der Waals surface area (Å²) >= 11 is 3.39. The topological polar surface area (TPSA) is 46.5 Å². The second kappa shape index (κ2) is 5.23. The van der Waals surface area contributed by atoms with Crippen LogP contribution in [-0.4, -0.2) is 18.2 Å². The predicted molar refractivity (Wildman–Crippen MR) is 72.6 cm³/mol. The fraction of sp³-hybridized carbons (Fsp3) is 0.0714. The van der Waals surface area contributed by atoms with Gasteiger partial charge in [0.05, 0.1) is 12.7 Å². The lowest BCUT2D eigenvalue weighted by molar-refractivity contribution is 0.0601. The lowest BCUT2D eigenvalue weighted by atomic mass is 10.0. The van der Waals surface area contributed by atoms with Gasteiger partial charge in [0.1, 0.15) is 5.75 Å². The number of carbonyl (C=O) groups is 1. The number of halogens is 1. The summed E-state index contributed by atoms with van der Waals surface area (Å²) in [6.45, 7) is 0. The van der Waals surface area contributed by atoms with Crippen molar-refractivity contribution in [1.29, 1.82) is 0 Å². The van der Waals surface area contributed by atoms with E-state index >= 15 is 0 Å². The molecule has 0 spiro atoms. The van der Waals surface area contributed by atoms with Gasteiger partial charge in [-0.15, -0.1) is 0 Å². The van der Waals surface area contributed by atoms with Crippen LogP contribution < -0.4 is 0 Å². The second-order valence-electron chi connectivity index (χ2n) is 3.73. The molecule has 0 bridgehead atoms. The molecule has 0 atom stereocenters. The van der Waals surface area contributed by atoms with Crippen LogP contribution in [-0.2, 0) is 4.74 Å². The molecule has 2 aromatic rings. The molecular formula is C14H11BrO3. The van der Waals surface area contributed by atoms with Crippen molar-refractivity contribution >= 4 is 21.9 Å². The van der Waals surface area contributed by atoms with Crippen molar-refractivity contribution in [2.45, 2.75) is 0 Å². The maximum Gasteiger partial charge on any atom is 0.337 e. The molecule has 1 N–H and O–H groups in total. The van der Waals surface area contributed by atoms with E-state index in [2.05, 4.69) is 20.7 Å². The Hall–Kier alpha value is -1.81. The summed E-state index contributed by atoms with van der Waals surface area (Å²) in [5.74, 6) is -0.150. The molecule has 92 valence electrons. The Morgan fingerprint density at radius 2 is 1.83 bits per heavy atom. The van der Waals surface area contributed by atoms with Gasteiger partial charge in [-0.25, -0.2) is 4.79 Å². The van der Waals surface area contributed by atoms with E-state index in [1.165, 1.54) is 7.11 Å². The third kappa shape index (κ3) is 2.54. The highest BCUT2D eigenvalue weighted by Crippen LogP contribution is 2.31. The van der Waals surface area contributed by atoms with E-state index < -0.39 is 0 Å². The Morgan fingerprint density at radius 3 is 2.39 bits per heavy atom. The molecule has 2 rings (SSSR count). The molecule has 0 radical (unpaired) electrons. The summed E-state index contributed by atoms with van der Waals surface area (Å²) in [5.41, 5.74) is 2.41. The van der Waals surface area contributed by atoms with Crippen molar-refractivity contribution in [1.82, 2.24) is 0 Å². The molecule has 0 aliphatic carbocycles. The Labute approximate surface area is 113 Å². The van der Waals surface area contributed by atoms with Crippen molar-refractivity contribution in [3.8, 4) is 16.9 Å². The molecule has 0 saturated heterocycles. The van der Waals surface area contributed by atoms with Crippen LogP contribution in [0.3, 0.4) is 0 Å². The van der Waals surface area contributed by atoms with Gasteiger partial charge in [-0.3, -0.25) is 0 Å². The fourth-order valence-electron chi connectivity index (χ4n) is 1.64. The quantitative estimate of drug-likeness (QED) is 0.862. The Morgan fingerprint density at radius 1 is 1.17 bits per heavy atom. The molecule has 0 aromatic heterocycles. The third-order valence-corrected chi connectivity index (χ3v) is 3.23. The summed E-state index contributed by atoms with van der Waals surface area (Å²) in [4.78, 5) is 11.3. The summed E-state index contributed by atoms with van der Waals surface area (Å²) < 4.78 is 5.44. The lowest BCUT2D eigenvalue weighted by Crippen LogP contribution is -2.00. The molecule has 0 aliphatic heterocycles. The number of methoxy groups -OCH3 is 1. The first kappa shape index (κ1) is 12.6. The maximum absolute atomic E-state index is 11.3. The minimum Gasteiger partial charge on any atom is -0.508 e. The largest absolute Gasteiger partial charge is 0.508 e. The summed E-state index contributed by atoms with van der Waals surface area (Å²) in [6.07, 6.45) is 0. The Kier molecular flexibility index (Phi) is 3.67. The molecular weight excluding hydrogens is 296 g/mol. The van der Waals surface area contributed by atoms with Crippen LogP contribution in [0.25, 0.3) is 11.1 Å². The number of rotatable bonds is 2. The van der Waals surface area contributed by atoms with Gasteiger partial charge < -0.3 is 9.84 Å². The van der Waals surface area contributed by atoms with Crippen molar-refractivity contribution in [3.63, 3.8) is 0 Å². The number of esters is 1. The number of phenolic OH excluding ortho intramolecular Hbond substituents is 1. The van der Waals surface area contributed by atoms with E-state index in [4.69, 9.17) is 0 Å². The van der Waals surface area contributed by atoms with Crippen LogP contribution in [0.2, 0.25) is 0 Å². The van der Waals surface area contributed by atoms with Crippen LogP contribution in [0.1, 0.15) is 10.4 Å². The van der Waals surface area contributed by atoms with Gasteiger partial charge in [0, 0.05) is 4.47 Å². The van der Waals surface area contributed by atoms with Crippen LogP contribution in [0.15, 0.2) is 46.9 Å². The smallest absolute Gasteiger partial charge is 0.337 e. The van der Waals surface area contributed by atoms with Crippen molar-refractivity contribution in [2.75, 3.05) is 7.11 Å². The monoisotopic (exact) mass is 306 g/mol. The first-order valence-corrected chi connectivity index (χ1v) is 6.08. The van der Waals surface area contributed by atoms with E-state index in [1.807, 2.05) is 18.2 Å². The number of carbonyl (C=O) groups excluding carboxylic acids is 1. The Balaban J connectivity index is 2.37.